The summed E-state index contributed by atoms with van der Waals surface area (Å²) < 4.78 is 11.2. The summed E-state index contributed by atoms with van der Waals surface area (Å²) in [5.41, 5.74) is 11.7. The fourth-order valence-electron chi connectivity index (χ4n) is 2.07. The van der Waals surface area contributed by atoms with Crippen molar-refractivity contribution in [1.29, 1.82) is 0 Å². The van der Waals surface area contributed by atoms with Gasteiger partial charge in [0, 0.05) is 0 Å². The molecule has 3 rings (SSSR count). The standard InChI is InChI=1S/C18H16N2O4/c19-13-3-1-5-15(17(13)21)23-11-7-9-12(10-8-11)24-16-6-2-4-14(20)18(16)22/h1-10,21-22H,19-20H2. The van der Waals surface area contributed by atoms with Crippen LogP contribution in [0.3, 0.4) is 0 Å². The Labute approximate surface area is 138 Å². The molecule has 0 unspecified atom stereocenters. The van der Waals surface area contributed by atoms with Crippen molar-refractivity contribution in [3.63, 3.8) is 0 Å². The quantitative estimate of drug-likeness (QED) is 0.428. The van der Waals surface area contributed by atoms with Crippen molar-refractivity contribution < 1.29 is 19.7 Å². The van der Waals surface area contributed by atoms with Crippen LogP contribution in [0.5, 0.6) is 34.5 Å². The van der Waals surface area contributed by atoms with E-state index in [1.807, 2.05) is 0 Å². The van der Waals surface area contributed by atoms with Crippen molar-refractivity contribution in [2.45, 2.75) is 0 Å². The van der Waals surface area contributed by atoms with E-state index in [0.29, 0.717) is 11.5 Å². The van der Waals surface area contributed by atoms with E-state index in [9.17, 15) is 10.2 Å². The number of benzene rings is 3. The lowest BCUT2D eigenvalue weighted by atomic mass is 10.2. The third kappa shape index (κ3) is 3.12. The largest absolute Gasteiger partial charge is 0.503 e. The van der Waals surface area contributed by atoms with Crippen molar-refractivity contribution in [3.05, 3.63) is 60.7 Å². The number of aromatic hydroxyl groups is 2. The second kappa shape index (κ2) is 6.29. The van der Waals surface area contributed by atoms with Gasteiger partial charge >= 0.3 is 0 Å². The van der Waals surface area contributed by atoms with E-state index >= 15 is 0 Å². The molecule has 0 atom stereocenters. The second-order valence-electron chi connectivity index (χ2n) is 5.06. The SMILES string of the molecule is Nc1cccc(Oc2ccc(Oc3cccc(N)c3O)cc2)c1O. The number of rotatable bonds is 4. The summed E-state index contributed by atoms with van der Waals surface area (Å²) in [6.07, 6.45) is 0. The Morgan fingerprint density at radius 2 is 0.958 bits per heavy atom. The zero-order chi connectivity index (χ0) is 17.1. The summed E-state index contributed by atoms with van der Waals surface area (Å²) >= 11 is 0. The molecule has 0 aliphatic rings. The first kappa shape index (κ1) is 15.4. The lowest BCUT2D eigenvalue weighted by Crippen LogP contribution is -1.91. The third-order valence-electron chi connectivity index (χ3n) is 3.34. The smallest absolute Gasteiger partial charge is 0.181 e. The predicted molar refractivity (Wildman–Crippen MR) is 91.6 cm³/mol. The molecule has 3 aromatic rings. The first-order valence-corrected chi connectivity index (χ1v) is 7.15. The Balaban J connectivity index is 1.76. The highest BCUT2D eigenvalue weighted by atomic mass is 16.5. The van der Waals surface area contributed by atoms with Gasteiger partial charge < -0.3 is 31.2 Å². The Kier molecular flexibility index (Phi) is 4.03. The minimum absolute atomic E-state index is 0.109. The third-order valence-corrected chi connectivity index (χ3v) is 3.34. The molecule has 0 spiro atoms. The van der Waals surface area contributed by atoms with Gasteiger partial charge in [-0.05, 0) is 48.5 Å². The average Bonchev–Trinajstić information content (AvgIpc) is 2.58. The van der Waals surface area contributed by atoms with Crippen LogP contribution in [0.2, 0.25) is 0 Å². The van der Waals surface area contributed by atoms with Gasteiger partial charge in [0.05, 0.1) is 11.4 Å². The van der Waals surface area contributed by atoms with Crippen molar-refractivity contribution in [2.75, 3.05) is 11.5 Å². The molecule has 0 fully saturated rings. The number of para-hydroxylation sites is 2. The van der Waals surface area contributed by atoms with E-state index in [1.54, 1.807) is 60.7 Å². The van der Waals surface area contributed by atoms with Crippen LogP contribution in [-0.2, 0) is 0 Å². The average molecular weight is 324 g/mol. The van der Waals surface area contributed by atoms with Gasteiger partial charge in [-0.3, -0.25) is 0 Å². The van der Waals surface area contributed by atoms with E-state index < -0.39 is 0 Å². The van der Waals surface area contributed by atoms with E-state index in [-0.39, 0.29) is 34.4 Å². The van der Waals surface area contributed by atoms with Crippen LogP contribution in [0.25, 0.3) is 0 Å². The Morgan fingerprint density at radius 3 is 1.33 bits per heavy atom. The number of nitrogen functional groups attached to an aromatic ring is 2. The summed E-state index contributed by atoms with van der Waals surface area (Å²) in [6, 6.07) is 16.4. The number of ether oxygens (including phenoxy) is 2. The molecule has 0 radical (unpaired) electrons. The number of hydrogen-bond acceptors (Lipinski definition) is 6. The molecule has 0 aromatic heterocycles. The maximum atomic E-state index is 9.85. The highest BCUT2D eigenvalue weighted by Gasteiger charge is 2.09. The molecule has 0 bridgehead atoms. The number of nitrogens with two attached hydrogens (primary N) is 2. The number of hydrogen-bond donors (Lipinski definition) is 4. The Morgan fingerprint density at radius 1 is 0.583 bits per heavy atom. The first-order valence-electron chi connectivity index (χ1n) is 7.15. The fourth-order valence-corrected chi connectivity index (χ4v) is 2.07. The van der Waals surface area contributed by atoms with Crippen LogP contribution in [0.15, 0.2) is 60.7 Å². The molecule has 6 heteroatoms. The first-order chi connectivity index (χ1) is 11.5. The molecule has 0 amide bonds. The van der Waals surface area contributed by atoms with Crippen molar-refractivity contribution in [1.82, 2.24) is 0 Å². The van der Waals surface area contributed by atoms with Crippen LogP contribution in [-0.4, -0.2) is 10.2 Å². The minimum atomic E-state index is -0.109. The lowest BCUT2D eigenvalue weighted by Gasteiger charge is -2.11. The van der Waals surface area contributed by atoms with Crippen LogP contribution < -0.4 is 20.9 Å². The van der Waals surface area contributed by atoms with Gasteiger partial charge in [-0.1, -0.05) is 12.1 Å². The van der Waals surface area contributed by atoms with Crippen LogP contribution in [0.1, 0.15) is 0 Å². The predicted octanol–water partition coefficient (Wildman–Crippen LogP) is 3.85. The van der Waals surface area contributed by atoms with Gasteiger partial charge in [0.2, 0.25) is 0 Å². The molecule has 0 aliphatic carbocycles. The summed E-state index contributed by atoms with van der Waals surface area (Å²) in [7, 11) is 0. The lowest BCUT2D eigenvalue weighted by molar-refractivity contribution is 0.407. The second-order valence-corrected chi connectivity index (χ2v) is 5.06. The molecule has 24 heavy (non-hydrogen) atoms. The highest BCUT2D eigenvalue weighted by molar-refractivity contribution is 5.61. The molecule has 122 valence electrons. The normalized spacial score (nSPS) is 10.3. The maximum absolute atomic E-state index is 9.85. The van der Waals surface area contributed by atoms with Gasteiger partial charge in [0.15, 0.2) is 23.0 Å². The molecule has 0 saturated heterocycles. The number of phenols is 2. The van der Waals surface area contributed by atoms with Gasteiger partial charge in [-0.25, -0.2) is 0 Å². The van der Waals surface area contributed by atoms with Crippen molar-refractivity contribution >= 4 is 11.4 Å². The molecule has 6 nitrogen and oxygen atoms in total. The highest BCUT2D eigenvalue weighted by Crippen LogP contribution is 2.37. The van der Waals surface area contributed by atoms with Crippen LogP contribution in [0.4, 0.5) is 11.4 Å². The van der Waals surface area contributed by atoms with Gasteiger partial charge in [0.25, 0.3) is 0 Å². The van der Waals surface area contributed by atoms with Crippen LogP contribution >= 0.6 is 0 Å². The fraction of sp³-hybridized carbons (Fsp3) is 0. The monoisotopic (exact) mass is 324 g/mol. The maximum Gasteiger partial charge on any atom is 0.181 e. The van der Waals surface area contributed by atoms with Gasteiger partial charge in [0.1, 0.15) is 11.5 Å². The van der Waals surface area contributed by atoms with Gasteiger partial charge in [-0.15, -0.1) is 0 Å². The van der Waals surface area contributed by atoms with Crippen molar-refractivity contribution in [2.24, 2.45) is 0 Å². The van der Waals surface area contributed by atoms with E-state index in [0.717, 1.165) is 0 Å². The minimum Gasteiger partial charge on any atom is -0.503 e. The molecule has 6 N–H and O–H groups in total. The number of anilines is 2. The molecule has 0 heterocycles. The zero-order valence-electron chi connectivity index (χ0n) is 12.6. The van der Waals surface area contributed by atoms with E-state index in [4.69, 9.17) is 20.9 Å². The summed E-state index contributed by atoms with van der Waals surface area (Å²) in [4.78, 5) is 0. The summed E-state index contributed by atoms with van der Waals surface area (Å²) in [5, 5.41) is 19.7. The molecule has 0 saturated carbocycles. The molecular formula is C18H16N2O4. The molecule has 0 aliphatic heterocycles. The summed E-state index contributed by atoms with van der Waals surface area (Å²) in [5.74, 6) is 1.31. The summed E-state index contributed by atoms with van der Waals surface area (Å²) in [6.45, 7) is 0. The Bertz CT molecular complexity index is 791. The molecular weight excluding hydrogens is 308 g/mol. The topological polar surface area (TPSA) is 111 Å². The molecule has 3 aromatic carbocycles. The number of phenolic OH excluding ortho intramolecular Hbond substituents is 2. The Hall–Kier alpha value is -3.54. The van der Waals surface area contributed by atoms with E-state index in [2.05, 4.69) is 0 Å². The van der Waals surface area contributed by atoms with Crippen LogP contribution in [0, 0.1) is 0 Å². The van der Waals surface area contributed by atoms with Crippen molar-refractivity contribution in [3.8, 4) is 34.5 Å². The van der Waals surface area contributed by atoms with Gasteiger partial charge in [-0.2, -0.15) is 0 Å². The zero-order valence-corrected chi connectivity index (χ0v) is 12.6. The van der Waals surface area contributed by atoms with E-state index in [1.165, 1.54) is 0 Å².